The van der Waals surface area contributed by atoms with Crippen LogP contribution in [0.4, 0.5) is 0 Å². The molecule has 2 atom stereocenters. The molecule has 0 unspecified atom stereocenters. The van der Waals surface area contributed by atoms with Gasteiger partial charge in [0.05, 0.1) is 0 Å². The highest BCUT2D eigenvalue weighted by Crippen LogP contribution is 2.48. The van der Waals surface area contributed by atoms with E-state index in [4.69, 9.17) is 4.74 Å². The SMILES string of the molecule is CC(C)=CCCC(C)=CCc1c(O)c(CC=C(C)C)cc([C@H]2Oc3c(CC=C(C)C)c(O)cc(O)c3C(=O)[C@@H]2O)c1O. The van der Waals surface area contributed by atoms with Crippen LogP contribution in [-0.4, -0.2) is 37.4 Å². The Bertz CT molecular complexity index is 1460. The van der Waals surface area contributed by atoms with Gasteiger partial charge in [-0.3, -0.25) is 4.79 Å². The number of rotatable bonds is 10. The van der Waals surface area contributed by atoms with Crippen molar-refractivity contribution < 1.29 is 35.1 Å². The number of aromatic hydroxyl groups is 4. The first-order valence-electron chi connectivity index (χ1n) is 14.3. The van der Waals surface area contributed by atoms with Gasteiger partial charge >= 0.3 is 0 Å². The fourth-order valence-electron chi connectivity index (χ4n) is 4.91. The molecule has 1 aliphatic rings. The Morgan fingerprint density at radius 1 is 0.762 bits per heavy atom. The van der Waals surface area contributed by atoms with Gasteiger partial charge in [-0.2, -0.15) is 0 Å². The van der Waals surface area contributed by atoms with Crippen molar-refractivity contribution in [2.75, 3.05) is 0 Å². The van der Waals surface area contributed by atoms with Gasteiger partial charge in [0, 0.05) is 22.8 Å². The second kappa shape index (κ2) is 13.8. The maximum absolute atomic E-state index is 13.4. The van der Waals surface area contributed by atoms with Gasteiger partial charge in [0.1, 0.15) is 34.3 Å². The molecule has 0 aromatic heterocycles. The fraction of sp³-hybridized carbons (Fsp3) is 0.400. The number of carbonyl (C=O) groups excluding carboxylic acids is 1. The maximum atomic E-state index is 13.4. The molecule has 5 N–H and O–H groups in total. The number of allylic oxidation sites excluding steroid dienone is 8. The van der Waals surface area contributed by atoms with Crippen molar-refractivity contribution in [1.29, 1.82) is 0 Å². The van der Waals surface area contributed by atoms with Crippen LogP contribution in [0, 0.1) is 0 Å². The average Bonchev–Trinajstić information content (AvgIpc) is 2.89. The zero-order valence-electron chi connectivity index (χ0n) is 25.7. The Balaban J connectivity index is 2.16. The lowest BCUT2D eigenvalue weighted by Crippen LogP contribution is -2.37. The first-order chi connectivity index (χ1) is 19.7. The second-order valence-electron chi connectivity index (χ2n) is 11.8. The Morgan fingerprint density at radius 3 is 1.98 bits per heavy atom. The number of hydrogen-bond donors (Lipinski definition) is 5. The number of phenolic OH excluding ortho intramolecular Hbond substituents is 4. The Labute approximate surface area is 248 Å². The molecule has 2 aromatic rings. The van der Waals surface area contributed by atoms with E-state index in [0.717, 1.165) is 35.6 Å². The second-order valence-corrected chi connectivity index (χ2v) is 11.8. The standard InChI is InChI=1S/C35H44O7/c1-19(2)9-8-10-22(7)13-16-25-30(38)23(14-11-20(3)4)17-26(31(25)39)35-33(41)32(40)29-28(37)18-27(36)24(34(29)42-35)15-12-21(5)6/h9,11-13,17-18,33,35-39,41H,8,10,14-16H2,1-7H3/t33-,35+/m0/s1. The summed E-state index contributed by atoms with van der Waals surface area (Å²) in [5.74, 6) is -1.91. The molecule has 0 aliphatic carbocycles. The summed E-state index contributed by atoms with van der Waals surface area (Å²) in [4.78, 5) is 13.4. The fourth-order valence-corrected chi connectivity index (χ4v) is 4.91. The largest absolute Gasteiger partial charge is 0.507 e. The molecule has 7 heteroatoms. The van der Waals surface area contributed by atoms with Crippen LogP contribution >= 0.6 is 0 Å². The van der Waals surface area contributed by atoms with E-state index in [-0.39, 0.29) is 58.1 Å². The van der Waals surface area contributed by atoms with Gasteiger partial charge in [0.2, 0.25) is 5.78 Å². The lowest BCUT2D eigenvalue weighted by Gasteiger charge is -2.32. The summed E-state index contributed by atoms with van der Waals surface area (Å²) in [6.07, 6.45) is 7.33. The Hall–Kier alpha value is -3.97. The van der Waals surface area contributed by atoms with Crippen LogP contribution in [0.5, 0.6) is 28.7 Å². The molecule has 0 saturated carbocycles. The monoisotopic (exact) mass is 576 g/mol. The molecule has 0 amide bonds. The minimum atomic E-state index is -1.75. The minimum absolute atomic E-state index is 0.0415. The zero-order valence-corrected chi connectivity index (χ0v) is 25.7. The van der Waals surface area contributed by atoms with Crippen molar-refractivity contribution >= 4 is 5.78 Å². The van der Waals surface area contributed by atoms with Gasteiger partial charge in [0.25, 0.3) is 0 Å². The molecule has 0 fully saturated rings. The summed E-state index contributed by atoms with van der Waals surface area (Å²) in [6, 6.07) is 2.62. The average molecular weight is 577 g/mol. The van der Waals surface area contributed by atoms with Crippen molar-refractivity contribution in [1.82, 2.24) is 0 Å². The number of carbonyl (C=O) groups is 1. The van der Waals surface area contributed by atoms with Crippen LogP contribution in [0.3, 0.4) is 0 Å². The number of ketones is 1. The highest BCUT2D eigenvalue weighted by atomic mass is 16.5. The van der Waals surface area contributed by atoms with Gasteiger partial charge in [0.15, 0.2) is 12.2 Å². The van der Waals surface area contributed by atoms with Crippen LogP contribution in [0.2, 0.25) is 0 Å². The van der Waals surface area contributed by atoms with E-state index >= 15 is 0 Å². The molecule has 1 heterocycles. The minimum Gasteiger partial charge on any atom is -0.507 e. The highest BCUT2D eigenvalue weighted by molar-refractivity contribution is 6.06. The van der Waals surface area contributed by atoms with Crippen molar-refractivity contribution in [3.8, 4) is 28.7 Å². The first-order valence-corrected chi connectivity index (χ1v) is 14.3. The van der Waals surface area contributed by atoms with Gasteiger partial charge in [-0.25, -0.2) is 0 Å². The molecule has 226 valence electrons. The number of phenols is 4. The predicted octanol–water partition coefficient (Wildman–Crippen LogP) is 7.44. The normalized spacial score (nSPS) is 16.4. The number of aliphatic hydroxyl groups is 1. The van der Waals surface area contributed by atoms with Crippen molar-refractivity contribution in [2.45, 2.75) is 92.8 Å². The molecule has 3 rings (SSSR count). The predicted molar refractivity (Wildman–Crippen MR) is 166 cm³/mol. The Morgan fingerprint density at radius 2 is 1.36 bits per heavy atom. The van der Waals surface area contributed by atoms with Gasteiger partial charge in [-0.05, 0) is 92.2 Å². The van der Waals surface area contributed by atoms with Crippen LogP contribution in [0.15, 0.2) is 58.7 Å². The molecule has 0 bridgehead atoms. The quantitative estimate of drug-likeness (QED) is 0.186. The third-order valence-electron chi connectivity index (χ3n) is 7.36. The van der Waals surface area contributed by atoms with E-state index in [0.29, 0.717) is 12.0 Å². The number of benzene rings is 2. The van der Waals surface area contributed by atoms with Crippen molar-refractivity contribution in [3.63, 3.8) is 0 Å². The zero-order chi connectivity index (χ0) is 31.3. The molecule has 0 spiro atoms. The molecule has 1 aliphatic heterocycles. The lowest BCUT2D eigenvalue weighted by molar-refractivity contribution is 0.0198. The van der Waals surface area contributed by atoms with Gasteiger partial charge in [-0.15, -0.1) is 0 Å². The van der Waals surface area contributed by atoms with E-state index in [1.807, 2.05) is 66.7 Å². The molecule has 0 saturated heterocycles. The third kappa shape index (κ3) is 7.45. The Kier molecular flexibility index (Phi) is 10.7. The smallest absolute Gasteiger partial charge is 0.202 e. The molecular formula is C35H44O7. The van der Waals surface area contributed by atoms with Crippen molar-refractivity contribution in [3.05, 3.63) is 86.5 Å². The van der Waals surface area contributed by atoms with E-state index in [2.05, 4.69) is 6.08 Å². The lowest BCUT2D eigenvalue weighted by atomic mass is 9.87. The summed E-state index contributed by atoms with van der Waals surface area (Å²) >= 11 is 0. The summed E-state index contributed by atoms with van der Waals surface area (Å²) < 4.78 is 6.18. The summed E-state index contributed by atoms with van der Waals surface area (Å²) in [7, 11) is 0. The molecule has 2 aromatic carbocycles. The van der Waals surface area contributed by atoms with Crippen LogP contribution in [0.25, 0.3) is 0 Å². The summed E-state index contributed by atoms with van der Waals surface area (Å²) in [5, 5.41) is 55.0. The number of hydrogen-bond acceptors (Lipinski definition) is 7. The molecule has 0 radical (unpaired) electrons. The molecular weight excluding hydrogens is 532 g/mol. The van der Waals surface area contributed by atoms with E-state index in [9.17, 15) is 30.3 Å². The number of Topliss-reactive ketones (excluding diaryl/α,β-unsaturated/α-hetero) is 1. The number of aliphatic hydroxyl groups excluding tert-OH is 1. The summed E-state index contributed by atoms with van der Waals surface area (Å²) in [5.41, 5.74) is 5.32. The van der Waals surface area contributed by atoms with E-state index < -0.39 is 23.7 Å². The van der Waals surface area contributed by atoms with Crippen LogP contribution in [0.1, 0.15) is 100 Å². The molecule has 42 heavy (non-hydrogen) atoms. The van der Waals surface area contributed by atoms with Crippen LogP contribution in [-0.2, 0) is 19.3 Å². The third-order valence-corrected chi connectivity index (χ3v) is 7.36. The number of fused-ring (bicyclic) bond motifs is 1. The summed E-state index contributed by atoms with van der Waals surface area (Å²) in [6.45, 7) is 13.8. The maximum Gasteiger partial charge on any atom is 0.202 e. The molecule has 7 nitrogen and oxygen atoms in total. The van der Waals surface area contributed by atoms with Crippen molar-refractivity contribution in [2.24, 2.45) is 0 Å². The van der Waals surface area contributed by atoms with E-state index in [1.54, 1.807) is 6.07 Å². The van der Waals surface area contributed by atoms with Gasteiger partial charge in [-0.1, -0.05) is 46.6 Å². The first kappa shape index (κ1) is 32.5. The van der Waals surface area contributed by atoms with Crippen LogP contribution < -0.4 is 4.74 Å². The topological polar surface area (TPSA) is 127 Å². The van der Waals surface area contributed by atoms with E-state index in [1.165, 1.54) is 5.57 Å². The van der Waals surface area contributed by atoms with Gasteiger partial charge < -0.3 is 30.3 Å². The number of ether oxygens (including phenoxy) is 1. The highest BCUT2D eigenvalue weighted by Gasteiger charge is 2.42.